The molecule has 0 aromatic carbocycles. The molecular weight excluding hydrogens is 620 g/mol. The lowest BCUT2D eigenvalue weighted by Gasteiger charge is -2.18. The van der Waals surface area contributed by atoms with E-state index in [1.165, 1.54) is 77.0 Å². The Hall–Kier alpha value is -2.12. The molecule has 0 spiro atoms. The summed E-state index contributed by atoms with van der Waals surface area (Å²) in [5.41, 5.74) is 0. The highest BCUT2D eigenvalue weighted by Crippen LogP contribution is 2.18. The van der Waals surface area contributed by atoms with Crippen molar-refractivity contribution in [1.82, 2.24) is 0 Å². The van der Waals surface area contributed by atoms with Crippen LogP contribution in [0.2, 0.25) is 0 Å². The van der Waals surface area contributed by atoms with Gasteiger partial charge in [-0.05, 0) is 51.4 Å². The summed E-state index contributed by atoms with van der Waals surface area (Å²) in [5.74, 6) is -1.07. The lowest BCUT2D eigenvalue weighted by atomic mass is 10.0. The van der Waals surface area contributed by atoms with Gasteiger partial charge in [-0.25, -0.2) is 0 Å². The molecule has 288 valence electrons. The van der Waals surface area contributed by atoms with Gasteiger partial charge in [0.25, 0.3) is 0 Å². The van der Waals surface area contributed by atoms with E-state index in [0.717, 1.165) is 70.6 Å². The van der Waals surface area contributed by atoms with E-state index >= 15 is 0 Å². The van der Waals surface area contributed by atoms with Crippen molar-refractivity contribution in [2.24, 2.45) is 0 Å². The van der Waals surface area contributed by atoms with E-state index in [1.54, 1.807) is 0 Å². The summed E-state index contributed by atoms with van der Waals surface area (Å²) >= 11 is 0. The van der Waals surface area contributed by atoms with Crippen LogP contribution in [0.5, 0.6) is 0 Å². The van der Waals surface area contributed by atoms with Crippen molar-refractivity contribution in [2.45, 2.75) is 226 Å². The molecule has 0 saturated carbocycles. The Morgan fingerprint density at radius 1 is 0.347 bits per heavy atom. The van der Waals surface area contributed by atoms with Crippen molar-refractivity contribution in [3.05, 3.63) is 0 Å². The highest BCUT2D eigenvalue weighted by molar-refractivity contribution is 5.71. The lowest BCUT2D eigenvalue weighted by molar-refractivity contribution is -0.166. The quantitative estimate of drug-likeness (QED) is 0.0362. The van der Waals surface area contributed by atoms with Crippen molar-refractivity contribution >= 4 is 23.9 Å². The van der Waals surface area contributed by atoms with Crippen molar-refractivity contribution < 1.29 is 38.1 Å². The number of carbonyl (C=O) groups excluding carboxylic acids is 4. The van der Waals surface area contributed by atoms with Gasteiger partial charge < -0.3 is 18.9 Å². The van der Waals surface area contributed by atoms with Gasteiger partial charge in [-0.15, -0.1) is 0 Å². The maximum atomic E-state index is 12.6. The van der Waals surface area contributed by atoms with E-state index in [4.69, 9.17) is 18.9 Å². The topological polar surface area (TPSA) is 105 Å². The molecule has 0 saturated heterocycles. The number of rotatable bonds is 36. The third-order valence-electron chi connectivity index (χ3n) is 8.89. The fourth-order valence-corrected chi connectivity index (χ4v) is 5.87. The third-order valence-corrected chi connectivity index (χ3v) is 8.89. The van der Waals surface area contributed by atoms with Crippen LogP contribution in [0.4, 0.5) is 0 Å². The first-order chi connectivity index (χ1) is 23.9. The zero-order chi connectivity index (χ0) is 36.2. The lowest BCUT2D eigenvalue weighted by Crippen LogP contribution is -2.30. The molecule has 0 amide bonds. The predicted octanol–water partition coefficient (Wildman–Crippen LogP) is 11.3. The van der Waals surface area contributed by atoms with E-state index < -0.39 is 6.10 Å². The van der Waals surface area contributed by atoms with Crippen LogP contribution in [0.3, 0.4) is 0 Å². The van der Waals surface area contributed by atoms with Crippen LogP contribution in [-0.4, -0.2) is 49.3 Å². The summed E-state index contributed by atoms with van der Waals surface area (Å²) in [7, 11) is 0. The molecule has 0 aromatic heterocycles. The first kappa shape index (κ1) is 46.9. The number of ether oxygens (including phenoxy) is 4. The summed E-state index contributed by atoms with van der Waals surface area (Å²) in [6.07, 6.45) is 28.6. The van der Waals surface area contributed by atoms with Gasteiger partial charge in [-0.1, -0.05) is 137 Å². The second kappa shape index (κ2) is 35.7. The van der Waals surface area contributed by atoms with E-state index in [-0.39, 0.29) is 49.6 Å². The average molecular weight is 697 g/mol. The Morgan fingerprint density at radius 2 is 0.673 bits per heavy atom. The number of hydrogen-bond donors (Lipinski definition) is 0. The maximum Gasteiger partial charge on any atom is 0.306 e. The maximum absolute atomic E-state index is 12.6. The summed E-state index contributed by atoms with van der Waals surface area (Å²) in [5, 5.41) is 0. The van der Waals surface area contributed by atoms with E-state index in [9.17, 15) is 19.2 Å². The molecule has 0 aromatic rings. The van der Waals surface area contributed by atoms with E-state index in [1.807, 2.05) is 13.8 Å². The Bertz CT molecular complexity index is 798. The largest absolute Gasteiger partial charge is 0.462 e. The minimum absolute atomic E-state index is 0.00420. The molecule has 0 bridgehead atoms. The predicted molar refractivity (Wildman–Crippen MR) is 198 cm³/mol. The Morgan fingerprint density at radius 3 is 1.14 bits per heavy atom. The van der Waals surface area contributed by atoms with Gasteiger partial charge in [0.05, 0.1) is 0 Å². The normalized spacial score (nSPS) is 12.3. The molecule has 0 N–H and O–H groups in total. The van der Waals surface area contributed by atoms with Crippen LogP contribution in [0.1, 0.15) is 214 Å². The monoisotopic (exact) mass is 697 g/mol. The van der Waals surface area contributed by atoms with Crippen molar-refractivity contribution in [3.8, 4) is 0 Å². The molecule has 0 aliphatic carbocycles. The first-order valence-corrected chi connectivity index (χ1v) is 20.6. The average Bonchev–Trinajstić information content (AvgIpc) is 3.08. The molecule has 0 rings (SSSR count). The van der Waals surface area contributed by atoms with Gasteiger partial charge in [0.2, 0.25) is 0 Å². The first-order valence-electron chi connectivity index (χ1n) is 20.6. The second-order valence-electron chi connectivity index (χ2n) is 13.9. The van der Waals surface area contributed by atoms with Gasteiger partial charge in [-0.3, -0.25) is 19.2 Å². The van der Waals surface area contributed by atoms with Crippen molar-refractivity contribution in [2.75, 3.05) is 13.2 Å². The van der Waals surface area contributed by atoms with Crippen molar-refractivity contribution in [3.63, 3.8) is 0 Å². The zero-order valence-corrected chi connectivity index (χ0v) is 32.3. The molecule has 0 radical (unpaired) electrons. The van der Waals surface area contributed by atoms with Gasteiger partial charge in [-0.2, -0.15) is 0 Å². The standard InChI is InChI=1S/C41H76O8/c1-5-9-11-13-14-15-20-23-27-33-41(45)48-36(30-24-12-10-6-2)31-25-21-18-16-17-19-22-26-32-39(43)47-35-37(49-40(44)29-8-4)34-46-38(42)28-7-3/h36-37H,5-35H2,1-4H3. The Kier molecular flexibility index (Phi) is 34.2. The molecule has 49 heavy (non-hydrogen) atoms. The molecule has 0 heterocycles. The van der Waals surface area contributed by atoms with Gasteiger partial charge in [0.15, 0.2) is 6.10 Å². The minimum atomic E-state index is -0.781. The molecule has 2 atom stereocenters. The van der Waals surface area contributed by atoms with E-state index in [2.05, 4.69) is 13.8 Å². The molecule has 2 unspecified atom stereocenters. The van der Waals surface area contributed by atoms with Crippen LogP contribution in [0.15, 0.2) is 0 Å². The fraction of sp³-hybridized carbons (Fsp3) is 0.902. The minimum Gasteiger partial charge on any atom is -0.462 e. The van der Waals surface area contributed by atoms with Gasteiger partial charge in [0, 0.05) is 25.7 Å². The third kappa shape index (κ3) is 32.8. The highest BCUT2D eigenvalue weighted by atomic mass is 16.6. The molecule has 8 nitrogen and oxygen atoms in total. The van der Waals surface area contributed by atoms with Crippen molar-refractivity contribution in [1.29, 1.82) is 0 Å². The summed E-state index contributed by atoms with van der Waals surface area (Å²) < 4.78 is 21.8. The number of carbonyl (C=O) groups is 4. The molecule has 8 heteroatoms. The number of unbranched alkanes of at least 4 members (excludes halogenated alkanes) is 18. The molecule has 0 aliphatic rings. The Balaban J connectivity index is 4.11. The SMILES string of the molecule is CCCCCCCCCCCC(=O)OC(CCCCCC)CCCCCCCCCCC(=O)OCC(COC(=O)CCC)OC(=O)CCC. The van der Waals surface area contributed by atoms with E-state index in [0.29, 0.717) is 32.1 Å². The van der Waals surface area contributed by atoms with Crippen LogP contribution in [-0.2, 0) is 38.1 Å². The van der Waals surface area contributed by atoms with Crippen LogP contribution >= 0.6 is 0 Å². The summed E-state index contributed by atoms with van der Waals surface area (Å²) in [6.45, 7) is 8.03. The van der Waals surface area contributed by atoms with Gasteiger partial charge in [0.1, 0.15) is 19.3 Å². The highest BCUT2D eigenvalue weighted by Gasteiger charge is 2.19. The molecule has 0 fully saturated rings. The summed E-state index contributed by atoms with van der Waals surface area (Å²) in [6, 6.07) is 0. The number of hydrogen-bond acceptors (Lipinski definition) is 8. The summed E-state index contributed by atoms with van der Waals surface area (Å²) in [4.78, 5) is 48.4. The van der Waals surface area contributed by atoms with Crippen LogP contribution in [0, 0.1) is 0 Å². The van der Waals surface area contributed by atoms with Crippen LogP contribution < -0.4 is 0 Å². The van der Waals surface area contributed by atoms with Crippen LogP contribution in [0.25, 0.3) is 0 Å². The zero-order valence-electron chi connectivity index (χ0n) is 32.3. The number of esters is 4. The second-order valence-corrected chi connectivity index (χ2v) is 13.9. The fourth-order valence-electron chi connectivity index (χ4n) is 5.87. The van der Waals surface area contributed by atoms with Gasteiger partial charge >= 0.3 is 23.9 Å². The Labute approximate surface area is 300 Å². The molecule has 0 aliphatic heterocycles. The smallest absolute Gasteiger partial charge is 0.306 e. The molecular formula is C41H76O8.